The Morgan fingerprint density at radius 1 is 1.24 bits per heavy atom. The Kier molecular flexibility index (Phi) is 5.79. The molecule has 6 heteroatoms. The SMILES string of the molecule is Cc1c(Cl)nc(C(C)C)nc1NC(C)CN1CCOCC1. The molecule has 0 aromatic carbocycles. The fourth-order valence-electron chi connectivity index (χ4n) is 2.35. The monoisotopic (exact) mass is 312 g/mol. The van der Waals surface area contributed by atoms with Crippen LogP contribution in [-0.4, -0.2) is 53.8 Å². The van der Waals surface area contributed by atoms with Crippen LogP contribution in [0.4, 0.5) is 5.82 Å². The van der Waals surface area contributed by atoms with Gasteiger partial charge in [0.05, 0.1) is 13.2 Å². The molecule has 0 aliphatic carbocycles. The highest BCUT2D eigenvalue weighted by molar-refractivity contribution is 6.30. The zero-order chi connectivity index (χ0) is 15.4. The summed E-state index contributed by atoms with van der Waals surface area (Å²) in [5, 5.41) is 4.01. The third-order valence-electron chi connectivity index (χ3n) is 3.64. The number of rotatable bonds is 5. The molecule has 1 aliphatic heterocycles. The van der Waals surface area contributed by atoms with E-state index in [9.17, 15) is 0 Å². The van der Waals surface area contributed by atoms with Crippen molar-refractivity contribution in [3.63, 3.8) is 0 Å². The summed E-state index contributed by atoms with van der Waals surface area (Å²) in [5.74, 6) is 1.89. The molecule has 1 atom stereocenters. The van der Waals surface area contributed by atoms with Gasteiger partial charge in [-0.3, -0.25) is 4.90 Å². The van der Waals surface area contributed by atoms with E-state index >= 15 is 0 Å². The summed E-state index contributed by atoms with van der Waals surface area (Å²) in [4.78, 5) is 11.4. The molecular formula is C15H25ClN4O. The van der Waals surface area contributed by atoms with Gasteiger partial charge in [-0.25, -0.2) is 9.97 Å². The Labute approximate surface area is 132 Å². The van der Waals surface area contributed by atoms with E-state index in [1.165, 1.54) is 0 Å². The smallest absolute Gasteiger partial charge is 0.137 e. The highest BCUT2D eigenvalue weighted by atomic mass is 35.5. The number of morpholine rings is 1. The minimum Gasteiger partial charge on any atom is -0.379 e. The van der Waals surface area contributed by atoms with Crippen LogP contribution < -0.4 is 5.32 Å². The van der Waals surface area contributed by atoms with Crippen LogP contribution in [0.15, 0.2) is 0 Å². The van der Waals surface area contributed by atoms with Crippen molar-refractivity contribution >= 4 is 17.4 Å². The topological polar surface area (TPSA) is 50.3 Å². The first-order valence-electron chi connectivity index (χ1n) is 7.58. The Balaban J connectivity index is 2.03. The van der Waals surface area contributed by atoms with Crippen LogP contribution in [0.5, 0.6) is 0 Å². The minimum absolute atomic E-state index is 0.262. The molecule has 0 bridgehead atoms. The highest BCUT2D eigenvalue weighted by Crippen LogP contribution is 2.23. The van der Waals surface area contributed by atoms with Gasteiger partial charge in [0.1, 0.15) is 16.8 Å². The molecule has 0 radical (unpaired) electrons. The van der Waals surface area contributed by atoms with Gasteiger partial charge in [0, 0.05) is 37.2 Å². The summed E-state index contributed by atoms with van der Waals surface area (Å²) < 4.78 is 5.38. The average molecular weight is 313 g/mol. The molecule has 1 aliphatic rings. The summed E-state index contributed by atoms with van der Waals surface area (Å²) in [7, 11) is 0. The fraction of sp³-hybridized carbons (Fsp3) is 0.733. The average Bonchev–Trinajstić information content (AvgIpc) is 2.44. The highest BCUT2D eigenvalue weighted by Gasteiger charge is 2.17. The van der Waals surface area contributed by atoms with Crippen LogP contribution in [0, 0.1) is 6.92 Å². The van der Waals surface area contributed by atoms with E-state index < -0.39 is 0 Å². The Morgan fingerprint density at radius 2 is 1.90 bits per heavy atom. The second-order valence-corrected chi connectivity index (χ2v) is 6.32. The number of ether oxygens (including phenoxy) is 1. The first-order chi connectivity index (χ1) is 9.97. The lowest BCUT2D eigenvalue weighted by Crippen LogP contribution is -2.42. The molecule has 21 heavy (non-hydrogen) atoms. The molecule has 1 aromatic rings. The van der Waals surface area contributed by atoms with Crippen LogP contribution in [0.1, 0.15) is 38.1 Å². The number of halogens is 1. The second-order valence-electron chi connectivity index (χ2n) is 5.96. The number of nitrogens with one attached hydrogen (secondary N) is 1. The number of hydrogen-bond donors (Lipinski definition) is 1. The predicted octanol–water partition coefficient (Wildman–Crippen LogP) is 2.69. The van der Waals surface area contributed by atoms with Gasteiger partial charge in [-0.15, -0.1) is 0 Å². The normalized spacial score (nSPS) is 18.0. The van der Waals surface area contributed by atoms with Gasteiger partial charge >= 0.3 is 0 Å². The zero-order valence-electron chi connectivity index (χ0n) is 13.3. The van der Waals surface area contributed by atoms with Gasteiger partial charge in [-0.05, 0) is 13.8 Å². The molecule has 2 heterocycles. The van der Waals surface area contributed by atoms with Crippen molar-refractivity contribution in [1.82, 2.24) is 14.9 Å². The molecule has 0 saturated carbocycles. The van der Waals surface area contributed by atoms with Gasteiger partial charge < -0.3 is 10.1 Å². The molecular weight excluding hydrogens is 288 g/mol. The first-order valence-corrected chi connectivity index (χ1v) is 7.96. The van der Waals surface area contributed by atoms with E-state index in [1.54, 1.807) is 0 Å². The molecule has 5 nitrogen and oxygen atoms in total. The number of aromatic nitrogens is 2. The molecule has 1 saturated heterocycles. The van der Waals surface area contributed by atoms with Gasteiger partial charge in [0.25, 0.3) is 0 Å². The van der Waals surface area contributed by atoms with E-state index in [-0.39, 0.29) is 5.92 Å². The summed E-state index contributed by atoms with van der Waals surface area (Å²) in [6, 6.07) is 0.299. The maximum atomic E-state index is 6.22. The van der Waals surface area contributed by atoms with E-state index in [2.05, 4.69) is 41.0 Å². The minimum atomic E-state index is 0.262. The lowest BCUT2D eigenvalue weighted by atomic mass is 10.2. The quantitative estimate of drug-likeness (QED) is 0.847. The van der Waals surface area contributed by atoms with Gasteiger partial charge in [-0.1, -0.05) is 25.4 Å². The molecule has 0 spiro atoms. The van der Waals surface area contributed by atoms with Crippen molar-refractivity contribution in [2.45, 2.75) is 39.7 Å². The molecule has 1 fully saturated rings. The Hall–Kier alpha value is -0.910. The largest absolute Gasteiger partial charge is 0.379 e. The summed E-state index contributed by atoms with van der Waals surface area (Å²) >= 11 is 6.22. The third-order valence-corrected chi connectivity index (χ3v) is 4.01. The molecule has 2 rings (SSSR count). The van der Waals surface area contributed by atoms with E-state index in [0.29, 0.717) is 11.2 Å². The predicted molar refractivity (Wildman–Crippen MR) is 86.2 cm³/mol. The van der Waals surface area contributed by atoms with Crippen molar-refractivity contribution in [2.75, 3.05) is 38.2 Å². The maximum absolute atomic E-state index is 6.22. The van der Waals surface area contributed by atoms with Crippen LogP contribution in [0.3, 0.4) is 0 Å². The van der Waals surface area contributed by atoms with Gasteiger partial charge in [0.15, 0.2) is 0 Å². The molecule has 118 valence electrons. The van der Waals surface area contributed by atoms with Crippen LogP contribution in [-0.2, 0) is 4.74 Å². The van der Waals surface area contributed by atoms with Crippen LogP contribution in [0.25, 0.3) is 0 Å². The van der Waals surface area contributed by atoms with Crippen LogP contribution >= 0.6 is 11.6 Å². The van der Waals surface area contributed by atoms with E-state index in [0.717, 1.165) is 50.1 Å². The number of nitrogens with zero attached hydrogens (tertiary/aromatic N) is 3. The number of hydrogen-bond acceptors (Lipinski definition) is 5. The summed E-state index contributed by atoms with van der Waals surface area (Å²) in [6.07, 6.45) is 0. The lowest BCUT2D eigenvalue weighted by Gasteiger charge is -2.29. The molecule has 1 N–H and O–H groups in total. The summed E-state index contributed by atoms with van der Waals surface area (Å²) in [5.41, 5.74) is 0.912. The van der Waals surface area contributed by atoms with E-state index in [4.69, 9.17) is 16.3 Å². The zero-order valence-corrected chi connectivity index (χ0v) is 14.1. The second kappa shape index (κ2) is 7.38. The molecule has 1 aromatic heterocycles. The standard InChI is InChI=1S/C15H25ClN4O/c1-10(2)14-18-13(16)12(4)15(19-14)17-11(3)9-20-5-7-21-8-6-20/h10-11H,5-9H2,1-4H3,(H,17,18,19). The molecule has 0 amide bonds. The van der Waals surface area contributed by atoms with Gasteiger partial charge in [-0.2, -0.15) is 0 Å². The first kappa shape index (κ1) is 16.5. The van der Waals surface area contributed by atoms with E-state index in [1.807, 2.05) is 6.92 Å². The Morgan fingerprint density at radius 3 is 2.52 bits per heavy atom. The van der Waals surface area contributed by atoms with Crippen molar-refractivity contribution in [3.8, 4) is 0 Å². The molecule has 1 unspecified atom stereocenters. The number of anilines is 1. The maximum Gasteiger partial charge on any atom is 0.137 e. The van der Waals surface area contributed by atoms with Crippen LogP contribution in [0.2, 0.25) is 5.15 Å². The van der Waals surface area contributed by atoms with Crippen molar-refractivity contribution in [1.29, 1.82) is 0 Å². The third kappa shape index (κ3) is 4.53. The van der Waals surface area contributed by atoms with Gasteiger partial charge in [0.2, 0.25) is 0 Å². The fourth-order valence-corrected chi connectivity index (χ4v) is 2.53. The lowest BCUT2D eigenvalue weighted by molar-refractivity contribution is 0.0368. The van der Waals surface area contributed by atoms with Crippen molar-refractivity contribution < 1.29 is 4.74 Å². The van der Waals surface area contributed by atoms with Crippen molar-refractivity contribution in [3.05, 3.63) is 16.5 Å². The van der Waals surface area contributed by atoms with Crippen molar-refractivity contribution in [2.24, 2.45) is 0 Å². The summed E-state index contributed by atoms with van der Waals surface area (Å²) in [6.45, 7) is 12.9. The Bertz CT molecular complexity index is 475.